The molecule has 0 bridgehead atoms. The Morgan fingerprint density at radius 1 is 1.18 bits per heavy atom. The van der Waals surface area contributed by atoms with Crippen LogP contribution in [0.3, 0.4) is 0 Å². The van der Waals surface area contributed by atoms with Crippen LogP contribution in [0.15, 0.2) is 12.1 Å². The van der Waals surface area contributed by atoms with E-state index in [-0.39, 0.29) is 18.2 Å². The normalized spacial score (nSPS) is 17.9. The number of hydrogen-bond acceptors (Lipinski definition) is 3. The van der Waals surface area contributed by atoms with Crippen molar-refractivity contribution < 1.29 is 18.3 Å². The minimum absolute atomic E-state index is 0. The lowest BCUT2D eigenvalue weighted by Gasteiger charge is -2.36. The monoisotopic (exact) mass is 562 g/mol. The van der Waals surface area contributed by atoms with Crippen LogP contribution < -0.4 is 5.32 Å². The van der Waals surface area contributed by atoms with Gasteiger partial charge in [-0.2, -0.15) is 13.2 Å². The summed E-state index contributed by atoms with van der Waals surface area (Å²) in [6.07, 6.45) is -5.09. The van der Waals surface area contributed by atoms with E-state index < -0.39 is 18.6 Å². The third-order valence-electron chi connectivity index (χ3n) is 3.44. The number of nitrogens with zero attached hydrogens (tertiary/aromatic N) is 1. The first kappa shape index (κ1) is 20.5. The number of halogens is 6. The molecule has 1 heterocycles. The van der Waals surface area contributed by atoms with Gasteiger partial charge in [0.2, 0.25) is 0 Å². The maximum absolute atomic E-state index is 12.9. The van der Waals surface area contributed by atoms with Crippen molar-refractivity contribution >= 4 is 57.6 Å². The Kier molecular flexibility index (Phi) is 7.97. The Hall–Kier alpha value is 0.480. The van der Waals surface area contributed by atoms with Crippen LogP contribution in [-0.4, -0.2) is 42.4 Å². The third kappa shape index (κ3) is 5.53. The highest BCUT2D eigenvalue weighted by molar-refractivity contribution is 14.1. The second kappa shape index (κ2) is 8.54. The van der Waals surface area contributed by atoms with Crippen molar-refractivity contribution in [3.8, 4) is 5.75 Å². The predicted octanol–water partition coefficient (Wildman–Crippen LogP) is 3.92. The van der Waals surface area contributed by atoms with Gasteiger partial charge < -0.3 is 10.4 Å². The van der Waals surface area contributed by atoms with E-state index in [0.717, 1.165) is 0 Å². The van der Waals surface area contributed by atoms with Gasteiger partial charge in [-0.25, -0.2) is 0 Å². The lowest BCUT2D eigenvalue weighted by atomic mass is 10.0. The highest BCUT2D eigenvalue weighted by Gasteiger charge is 2.36. The molecule has 0 amide bonds. The standard InChI is InChI=1S/C13H15F3I2N2O.ClH/c14-13(15,16)7-11(20-3-1-19-2-4-20)8-5-9(17)12(21)10(18)6-8;/h5-6,11,19,21H,1-4,7H2;1H/t11-;/m0./s1. The lowest BCUT2D eigenvalue weighted by molar-refractivity contribution is -0.148. The zero-order valence-corrected chi connectivity index (χ0v) is 16.6. The van der Waals surface area contributed by atoms with E-state index in [2.05, 4.69) is 5.32 Å². The minimum Gasteiger partial charge on any atom is -0.506 e. The first-order valence-corrected chi connectivity index (χ1v) is 8.63. The van der Waals surface area contributed by atoms with E-state index in [4.69, 9.17) is 0 Å². The van der Waals surface area contributed by atoms with E-state index >= 15 is 0 Å². The highest BCUT2D eigenvalue weighted by atomic mass is 127. The van der Waals surface area contributed by atoms with Crippen LogP contribution in [0.2, 0.25) is 0 Å². The molecule has 1 atom stereocenters. The van der Waals surface area contributed by atoms with E-state index in [1.807, 2.05) is 50.1 Å². The number of alkyl halides is 3. The Bertz CT molecular complexity index is 488. The van der Waals surface area contributed by atoms with E-state index in [9.17, 15) is 18.3 Å². The van der Waals surface area contributed by atoms with Crippen LogP contribution >= 0.6 is 57.6 Å². The summed E-state index contributed by atoms with van der Waals surface area (Å²) in [6, 6.07) is 2.60. The van der Waals surface area contributed by atoms with Gasteiger partial charge in [0.25, 0.3) is 0 Å². The second-order valence-electron chi connectivity index (χ2n) is 4.95. The van der Waals surface area contributed by atoms with Gasteiger partial charge in [-0.3, -0.25) is 4.90 Å². The molecule has 2 rings (SSSR count). The van der Waals surface area contributed by atoms with Crippen molar-refractivity contribution in [2.24, 2.45) is 0 Å². The predicted molar refractivity (Wildman–Crippen MR) is 98.6 cm³/mol. The number of piperazine rings is 1. The fraction of sp³-hybridized carbons (Fsp3) is 0.538. The van der Waals surface area contributed by atoms with Crippen LogP contribution in [0.25, 0.3) is 0 Å². The van der Waals surface area contributed by atoms with E-state index in [0.29, 0.717) is 38.9 Å². The molecular formula is C13H16ClF3I2N2O. The van der Waals surface area contributed by atoms with Gasteiger partial charge in [0.05, 0.1) is 13.6 Å². The number of phenols is 1. The fourth-order valence-corrected chi connectivity index (χ4v) is 4.26. The molecule has 9 heteroatoms. The number of phenolic OH excluding ortho intramolecular Hbond substituents is 1. The molecule has 0 unspecified atom stereocenters. The Labute approximate surface area is 160 Å². The molecule has 2 N–H and O–H groups in total. The molecule has 0 saturated carbocycles. The van der Waals surface area contributed by atoms with Gasteiger partial charge in [-0.1, -0.05) is 0 Å². The summed E-state index contributed by atoms with van der Waals surface area (Å²) in [5.41, 5.74) is 0.612. The van der Waals surface area contributed by atoms with Crippen LogP contribution in [-0.2, 0) is 0 Å². The zero-order valence-electron chi connectivity index (χ0n) is 11.5. The number of nitrogens with one attached hydrogen (secondary N) is 1. The Balaban J connectivity index is 0.00000242. The van der Waals surface area contributed by atoms with Crippen molar-refractivity contribution in [1.82, 2.24) is 10.2 Å². The first-order valence-electron chi connectivity index (χ1n) is 6.47. The minimum atomic E-state index is -4.22. The highest BCUT2D eigenvalue weighted by Crippen LogP contribution is 2.37. The fourth-order valence-electron chi connectivity index (χ4n) is 2.45. The molecule has 1 aliphatic rings. The number of rotatable bonds is 3. The maximum atomic E-state index is 12.9. The molecular weight excluding hydrogens is 546 g/mol. The van der Waals surface area contributed by atoms with Crippen molar-refractivity contribution in [3.05, 3.63) is 24.8 Å². The van der Waals surface area contributed by atoms with Crippen molar-refractivity contribution in [1.29, 1.82) is 0 Å². The molecule has 1 fully saturated rings. The summed E-state index contributed by atoms with van der Waals surface area (Å²) in [4.78, 5) is 1.86. The van der Waals surface area contributed by atoms with Gasteiger partial charge >= 0.3 is 6.18 Å². The maximum Gasteiger partial charge on any atom is 0.390 e. The van der Waals surface area contributed by atoms with Crippen molar-refractivity contribution in [2.75, 3.05) is 26.2 Å². The number of benzene rings is 1. The molecule has 22 heavy (non-hydrogen) atoms. The third-order valence-corrected chi connectivity index (χ3v) is 5.09. The molecule has 3 nitrogen and oxygen atoms in total. The van der Waals surface area contributed by atoms with E-state index in [1.54, 1.807) is 12.1 Å². The molecule has 0 spiro atoms. The molecule has 1 aromatic rings. The smallest absolute Gasteiger partial charge is 0.390 e. The summed E-state index contributed by atoms with van der Waals surface area (Å²) in [6.45, 7) is 2.57. The first-order chi connectivity index (χ1) is 9.78. The van der Waals surface area contributed by atoms with Crippen molar-refractivity contribution in [2.45, 2.75) is 18.6 Å². The summed E-state index contributed by atoms with van der Waals surface area (Å²) >= 11 is 3.90. The molecule has 1 aromatic carbocycles. The number of aromatic hydroxyl groups is 1. The average molecular weight is 563 g/mol. The molecule has 1 saturated heterocycles. The molecule has 0 aromatic heterocycles. The SMILES string of the molecule is Cl.Oc1c(I)cc([C@H](CC(F)(F)F)N2CCNCC2)cc1I. The summed E-state index contributed by atoms with van der Waals surface area (Å²) < 4.78 is 40.0. The largest absolute Gasteiger partial charge is 0.506 e. The van der Waals surface area contributed by atoms with Gasteiger partial charge in [0, 0.05) is 32.2 Å². The van der Waals surface area contributed by atoms with Gasteiger partial charge in [0.1, 0.15) is 5.75 Å². The quantitative estimate of drug-likeness (QED) is 0.549. The summed E-state index contributed by atoms with van der Waals surface area (Å²) in [5.74, 6) is 0.131. The van der Waals surface area contributed by atoms with Crippen LogP contribution in [0.4, 0.5) is 13.2 Å². The van der Waals surface area contributed by atoms with Gasteiger partial charge in [0.15, 0.2) is 0 Å². The second-order valence-corrected chi connectivity index (χ2v) is 7.28. The van der Waals surface area contributed by atoms with Crippen molar-refractivity contribution in [3.63, 3.8) is 0 Å². The average Bonchev–Trinajstić information content (AvgIpc) is 2.41. The Morgan fingerprint density at radius 3 is 2.14 bits per heavy atom. The summed E-state index contributed by atoms with van der Waals surface area (Å²) in [7, 11) is 0. The van der Waals surface area contributed by atoms with Gasteiger partial charge in [-0.15, -0.1) is 12.4 Å². The molecule has 0 aliphatic carbocycles. The summed E-state index contributed by atoms with van der Waals surface area (Å²) in [5, 5.41) is 12.9. The Morgan fingerprint density at radius 2 is 1.68 bits per heavy atom. The lowest BCUT2D eigenvalue weighted by Crippen LogP contribution is -2.46. The van der Waals surface area contributed by atoms with Crippen LogP contribution in [0, 0.1) is 7.14 Å². The topological polar surface area (TPSA) is 35.5 Å². The molecule has 1 aliphatic heterocycles. The molecule has 126 valence electrons. The van der Waals surface area contributed by atoms with Crippen LogP contribution in [0.1, 0.15) is 18.0 Å². The molecule has 0 radical (unpaired) electrons. The van der Waals surface area contributed by atoms with Gasteiger partial charge in [-0.05, 0) is 62.9 Å². The van der Waals surface area contributed by atoms with Crippen LogP contribution in [0.5, 0.6) is 5.75 Å². The van der Waals surface area contributed by atoms with E-state index in [1.165, 1.54) is 0 Å². The zero-order chi connectivity index (χ0) is 15.6. The number of hydrogen-bond donors (Lipinski definition) is 2.